The third-order valence-electron chi connectivity index (χ3n) is 4.84. The Labute approximate surface area is 138 Å². The number of hydrogen-bond acceptors (Lipinski definition) is 2. The molecule has 1 aromatic carbocycles. The maximum atomic E-state index is 12.1. The Morgan fingerprint density at radius 3 is 2.90 bits per heavy atom. The number of ketones is 1. The van der Waals surface area contributed by atoms with Crippen LogP contribution in [0.15, 0.2) is 16.6 Å². The highest BCUT2D eigenvalue weighted by Crippen LogP contribution is 2.59. The van der Waals surface area contributed by atoms with Gasteiger partial charge in [-0.15, -0.1) is 0 Å². The van der Waals surface area contributed by atoms with Gasteiger partial charge < -0.3 is 5.11 Å². The second-order valence-electron chi connectivity index (χ2n) is 6.10. The van der Waals surface area contributed by atoms with Gasteiger partial charge in [0.2, 0.25) is 0 Å². The number of carbonyl (C=O) groups is 1. The lowest BCUT2D eigenvalue weighted by atomic mass is 9.69. The highest BCUT2D eigenvalue weighted by atomic mass is 79.9. The van der Waals surface area contributed by atoms with Crippen molar-refractivity contribution >= 4 is 38.9 Å². The van der Waals surface area contributed by atoms with Crippen LogP contribution < -0.4 is 0 Å². The topological polar surface area (TPSA) is 37.3 Å². The van der Waals surface area contributed by atoms with Crippen LogP contribution >= 0.6 is 27.5 Å². The molecule has 0 aliphatic heterocycles. The van der Waals surface area contributed by atoms with E-state index in [2.05, 4.69) is 22.9 Å². The first-order valence-corrected chi connectivity index (χ1v) is 8.61. The van der Waals surface area contributed by atoms with Gasteiger partial charge in [-0.05, 0) is 58.0 Å². The van der Waals surface area contributed by atoms with Gasteiger partial charge in [0.05, 0.1) is 9.51 Å². The van der Waals surface area contributed by atoms with Gasteiger partial charge in [0, 0.05) is 11.8 Å². The molecule has 1 aromatic rings. The zero-order chi connectivity index (χ0) is 15.2. The highest BCUT2D eigenvalue weighted by Gasteiger charge is 2.47. The van der Waals surface area contributed by atoms with Gasteiger partial charge in [-0.2, -0.15) is 0 Å². The molecule has 1 N–H and O–H groups in total. The van der Waals surface area contributed by atoms with Crippen LogP contribution in [0.4, 0.5) is 0 Å². The lowest BCUT2D eigenvalue weighted by molar-refractivity contribution is -0.115. The van der Waals surface area contributed by atoms with Crippen molar-refractivity contribution in [1.82, 2.24) is 0 Å². The van der Waals surface area contributed by atoms with Crippen molar-refractivity contribution in [1.29, 1.82) is 0 Å². The van der Waals surface area contributed by atoms with Crippen molar-refractivity contribution in [3.8, 4) is 5.75 Å². The molecule has 0 fully saturated rings. The number of halogens is 2. The molecule has 3 rings (SSSR count). The number of aromatic hydroxyl groups is 1. The predicted molar refractivity (Wildman–Crippen MR) is 88.9 cm³/mol. The molecule has 1 unspecified atom stereocenters. The molecule has 0 bridgehead atoms. The van der Waals surface area contributed by atoms with Gasteiger partial charge in [0.1, 0.15) is 5.75 Å². The van der Waals surface area contributed by atoms with Crippen molar-refractivity contribution in [2.24, 2.45) is 5.41 Å². The van der Waals surface area contributed by atoms with E-state index in [4.69, 9.17) is 11.6 Å². The van der Waals surface area contributed by atoms with E-state index < -0.39 is 0 Å². The van der Waals surface area contributed by atoms with Gasteiger partial charge in [0.25, 0.3) is 0 Å². The van der Waals surface area contributed by atoms with Crippen LogP contribution in [0, 0.1) is 5.41 Å². The maximum absolute atomic E-state index is 12.1. The number of rotatable bonds is 3. The van der Waals surface area contributed by atoms with E-state index in [1.54, 1.807) is 6.07 Å². The number of unbranched alkanes of at least 4 members (excludes halogenated alkanes) is 1. The molecule has 0 heterocycles. The predicted octanol–water partition coefficient (Wildman–Crippen LogP) is 5.25. The maximum Gasteiger partial charge on any atom is 0.170 e. The van der Waals surface area contributed by atoms with Crippen molar-refractivity contribution in [2.75, 3.05) is 0 Å². The van der Waals surface area contributed by atoms with E-state index in [0.717, 1.165) is 48.8 Å². The largest absolute Gasteiger partial charge is 0.506 e. The van der Waals surface area contributed by atoms with E-state index >= 15 is 0 Å². The summed E-state index contributed by atoms with van der Waals surface area (Å²) in [5, 5.41) is 10.3. The summed E-state index contributed by atoms with van der Waals surface area (Å²) < 4.78 is 0.713. The normalized spacial score (nSPS) is 24.2. The van der Waals surface area contributed by atoms with Crippen molar-refractivity contribution in [3.05, 3.63) is 32.8 Å². The number of hydrogen-bond donors (Lipinski definition) is 1. The molecular weight excluding hydrogens is 352 g/mol. The molecule has 0 amide bonds. The summed E-state index contributed by atoms with van der Waals surface area (Å²) in [6.45, 7) is 2.18. The molecule has 0 aromatic heterocycles. The molecule has 0 radical (unpaired) electrons. The van der Waals surface area contributed by atoms with Crippen LogP contribution in [0.5, 0.6) is 5.75 Å². The number of Topliss-reactive ketones (excluding diaryl/α,β-unsaturated/α-hetero) is 1. The second-order valence-corrected chi connectivity index (χ2v) is 7.27. The molecular formula is C17H18BrClO2. The Hall–Kier alpha value is -0.800. The number of benzene rings is 1. The second kappa shape index (κ2) is 5.44. The fourth-order valence-electron chi connectivity index (χ4n) is 3.75. The van der Waals surface area contributed by atoms with Gasteiger partial charge in [-0.3, -0.25) is 4.79 Å². The third-order valence-corrected chi connectivity index (χ3v) is 6.10. The first-order chi connectivity index (χ1) is 10.00. The van der Waals surface area contributed by atoms with Crippen molar-refractivity contribution in [2.45, 2.75) is 45.4 Å². The fourth-order valence-corrected chi connectivity index (χ4v) is 4.81. The number of carbonyl (C=O) groups excluding carboxylic acids is 1. The summed E-state index contributed by atoms with van der Waals surface area (Å²) in [6, 6.07) is 3.53. The van der Waals surface area contributed by atoms with E-state index in [-0.39, 0.29) is 16.9 Å². The number of fused-ring (bicyclic) bond motifs is 3. The molecule has 1 atom stereocenters. The number of phenols is 1. The van der Waals surface area contributed by atoms with Gasteiger partial charge in [-0.25, -0.2) is 0 Å². The van der Waals surface area contributed by atoms with Gasteiger partial charge in [-0.1, -0.05) is 37.4 Å². The standard InChI is InChI=1S/C17H18BrClO2/c1-2-3-7-17-8-6-12(20)15(18)14(17)10-4-5-13(21)16(19)11(10)9-17/h4-5,21H,2-3,6-9H2,1H3. The Morgan fingerprint density at radius 1 is 1.43 bits per heavy atom. The Bertz CT molecular complexity index is 650. The minimum absolute atomic E-state index is 0.00250. The van der Waals surface area contributed by atoms with Crippen molar-refractivity contribution in [3.63, 3.8) is 0 Å². The molecule has 112 valence electrons. The molecule has 2 aliphatic rings. The molecule has 2 nitrogen and oxygen atoms in total. The smallest absolute Gasteiger partial charge is 0.170 e. The lowest BCUT2D eigenvalue weighted by Gasteiger charge is -2.35. The average Bonchev–Trinajstić information content (AvgIpc) is 2.81. The number of phenolic OH excluding ortho intramolecular Hbond substituents is 1. The van der Waals surface area contributed by atoms with E-state index in [1.165, 1.54) is 0 Å². The summed E-state index contributed by atoms with van der Waals surface area (Å²) in [5.41, 5.74) is 3.15. The summed E-state index contributed by atoms with van der Waals surface area (Å²) in [6.07, 6.45) is 5.62. The third kappa shape index (κ3) is 2.25. The minimum atomic E-state index is 0.00250. The zero-order valence-corrected chi connectivity index (χ0v) is 14.4. The van der Waals surface area contributed by atoms with E-state index in [1.807, 2.05) is 6.07 Å². The molecule has 2 aliphatic carbocycles. The van der Waals surface area contributed by atoms with E-state index in [0.29, 0.717) is 15.9 Å². The van der Waals surface area contributed by atoms with Gasteiger partial charge in [0.15, 0.2) is 5.78 Å². The van der Waals surface area contributed by atoms with Gasteiger partial charge >= 0.3 is 0 Å². The van der Waals surface area contributed by atoms with Crippen LogP contribution in [0.3, 0.4) is 0 Å². The summed E-state index contributed by atoms with van der Waals surface area (Å²) >= 11 is 9.84. The fraction of sp³-hybridized carbons (Fsp3) is 0.471. The van der Waals surface area contributed by atoms with Crippen LogP contribution in [0.2, 0.25) is 5.02 Å². The van der Waals surface area contributed by atoms with Crippen LogP contribution in [0.25, 0.3) is 5.57 Å². The van der Waals surface area contributed by atoms with E-state index in [9.17, 15) is 9.90 Å². The lowest BCUT2D eigenvalue weighted by Crippen LogP contribution is -2.27. The molecule has 21 heavy (non-hydrogen) atoms. The molecule has 4 heteroatoms. The van der Waals surface area contributed by atoms with Crippen molar-refractivity contribution < 1.29 is 9.90 Å². The first-order valence-electron chi connectivity index (χ1n) is 7.44. The Morgan fingerprint density at radius 2 is 2.19 bits per heavy atom. The molecule has 0 saturated heterocycles. The number of allylic oxidation sites excluding steroid dienone is 2. The summed E-state index contributed by atoms with van der Waals surface area (Å²) in [7, 11) is 0. The minimum Gasteiger partial charge on any atom is -0.506 e. The summed E-state index contributed by atoms with van der Waals surface area (Å²) in [5.74, 6) is 0.303. The Kier molecular flexibility index (Phi) is 3.91. The zero-order valence-electron chi connectivity index (χ0n) is 12.0. The van der Waals surface area contributed by atoms with Crippen LogP contribution in [0.1, 0.15) is 50.2 Å². The summed E-state index contributed by atoms with van der Waals surface area (Å²) in [4.78, 5) is 12.1. The highest BCUT2D eigenvalue weighted by molar-refractivity contribution is 9.12. The SMILES string of the molecule is CCCCC12CCC(=O)C(Br)=C1c1ccc(O)c(Cl)c1C2. The first kappa shape index (κ1) is 15.1. The monoisotopic (exact) mass is 368 g/mol. The van der Waals surface area contributed by atoms with Crippen LogP contribution in [-0.2, 0) is 11.2 Å². The molecule has 0 saturated carbocycles. The quantitative estimate of drug-likeness (QED) is 0.790. The molecule has 0 spiro atoms. The average molecular weight is 370 g/mol. The Balaban J connectivity index is 2.19. The van der Waals surface area contributed by atoms with Crippen LogP contribution in [-0.4, -0.2) is 10.9 Å².